The fourth-order valence-corrected chi connectivity index (χ4v) is 2.07. The first-order chi connectivity index (χ1) is 11.7. The number of nitrogens with zero attached hydrogens (tertiary/aromatic N) is 2. The number of alkyl halides is 3. The summed E-state index contributed by atoms with van der Waals surface area (Å²) in [6.07, 6.45) is -3.85. The Hall–Kier alpha value is -2.71. The quantitative estimate of drug-likeness (QED) is 0.825. The molecule has 4 nitrogen and oxygen atoms in total. The number of amides is 1. The summed E-state index contributed by atoms with van der Waals surface area (Å²) in [5, 5.41) is 2.11. The average molecular weight is 359 g/mol. The second kappa shape index (κ2) is 7.45. The van der Waals surface area contributed by atoms with Crippen LogP contribution in [-0.4, -0.2) is 24.0 Å². The minimum Gasteiger partial charge on any atom is -0.348 e. The molecule has 2 rings (SSSR count). The fourth-order valence-electron chi connectivity index (χ4n) is 2.07. The zero-order chi connectivity index (χ0) is 18.6. The number of hydrogen-bond acceptors (Lipinski definition) is 3. The van der Waals surface area contributed by atoms with Crippen LogP contribution in [-0.2, 0) is 11.0 Å². The van der Waals surface area contributed by atoms with Crippen molar-refractivity contribution >= 4 is 17.4 Å². The predicted octanol–water partition coefficient (Wildman–Crippen LogP) is 3.84. The Morgan fingerprint density at radius 2 is 1.80 bits per heavy atom. The predicted molar refractivity (Wildman–Crippen MR) is 82.1 cm³/mol. The van der Waals surface area contributed by atoms with Crippen molar-refractivity contribution in [3.05, 3.63) is 53.7 Å². The molecule has 0 saturated carbocycles. The third-order valence-corrected chi connectivity index (χ3v) is 3.34. The molecule has 0 aliphatic carbocycles. The molecule has 0 aliphatic heterocycles. The van der Waals surface area contributed by atoms with Crippen molar-refractivity contribution in [2.45, 2.75) is 13.1 Å². The zero-order valence-electron chi connectivity index (χ0n) is 13.1. The van der Waals surface area contributed by atoms with Crippen LogP contribution in [0.5, 0.6) is 0 Å². The number of likely N-dealkylation sites (N-methyl/N-ethyl adjacent to an activating group) is 1. The molecule has 0 unspecified atom stereocenters. The van der Waals surface area contributed by atoms with Crippen LogP contribution < -0.4 is 10.2 Å². The standard InChI is InChI=1S/C16H14F5N3O/c1-2-24(13-7-6-10(8-22-13)16(19,20)21)9-14(25)23-15-11(17)4-3-5-12(15)18/h3-8H,2,9H2,1H3,(H,23,25). The maximum absolute atomic E-state index is 13.5. The van der Waals surface area contributed by atoms with E-state index in [1.165, 1.54) is 4.90 Å². The van der Waals surface area contributed by atoms with E-state index in [1.54, 1.807) is 6.92 Å². The van der Waals surface area contributed by atoms with Gasteiger partial charge in [0, 0.05) is 12.7 Å². The molecule has 134 valence electrons. The molecule has 1 heterocycles. The van der Waals surface area contributed by atoms with Crippen LogP contribution in [0.4, 0.5) is 33.5 Å². The number of hydrogen-bond donors (Lipinski definition) is 1. The lowest BCUT2D eigenvalue weighted by atomic mass is 10.2. The van der Waals surface area contributed by atoms with Crippen LogP contribution in [0, 0.1) is 11.6 Å². The van der Waals surface area contributed by atoms with Gasteiger partial charge in [0.15, 0.2) is 0 Å². The number of pyridine rings is 1. The molecule has 1 aromatic heterocycles. The summed E-state index contributed by atoms with van der Waals surface area (Å²) >= 11 is 0. The van der Waals surface area contributed by atoms with Gasteiger partial charge in [-0.05, 0) is 31.2 Å². The number of benzene rings is 1. The van der Waals surface area contributed by atoms with Gasteiger partial charge < -0.3 is 10.2 Å². The minimum absolute atomic E-state index is 0.139. The molecule has 0 spiro atoms. The Bertz CT molecular complexity index is 726. The van der Waals surface area contributed by atoms with Gasteiger partial charge in [0.1, 0.15) is 23.1 Å². The second-order valence-corrected chi connectivity index (χ2v) is 5.06. The van der Waals surface area contributed by atoms with Crippen molar-refractivity contribution in [3.8, 4) is 0 Å². The maximum atomic E-state index is 13.5. The average Bonchev–Trinajstić information content (AvgIpc) is 2.55. The maximum Gasteiger partial charge on any atom is 0.417 e. The first-order valence-electron chi connectivity index (χ1n) is 7.24. The molecular formula is C16H14F5N3O. The smallest absolute Gasteiger partial charge is 0.348 e. The van der Waals surface area contributed by atoms with Crippen molar-refractivity contribution in [2.75, 3.05) is 23.3 Å². The molecule has 0 saturated heterocycles. The van der Waals surface area contributed by atoms with Gasteiger partial charge in [0.25, 0.3) is 0 Å². The van der Waals surface area contributed by atoms with Gasteiger partial charge in [-0.25, -0.2) is 13.8 Å². The summed E-state index contributed by atoms with van der Waals surface area (Å²) in [5.41, 5.74) is -1.49. The van der Waals surface area contributed by atoms with Crippen LogP contribution in [0.1, 0.15) is 12.5 Å². The number of aromatic nitrogens is 1. The number of halogens is 5. The number of para-hydroxylation sites is 1. The van der Waals surface area contributed by atoms with Crippen LogP contribution >= 0.6 is 0 Å². The van der Waals surface area contributed by atoms with E-state index in [-0.39, 0.29) is 18.9 Å². The van der Waals surface area contributed by atoms with Gasteiger partial charge in [-0.2, -0.15) is 13.2 Å². The highest BCUT2D eigenvalue weighted by atomic mass is 19.4. The normalized spacial score (nSPS) is 11.3. The van der Waals surface area contributed by atoms with E-state index in [4.69, 9.17) is 0 Å². The van der Waals surface area contributed by atoms with E-state index >= 15 is 0 Å². The third kappa shape index (κ3) is 4.65. The van der Waals surface area contributed by atoms with Crippen molar-refractivity contribution in [1.82, 2.24) is 4.98 Å². The van der Waals surface area contributed by atoms with Gasteiger partial charge in [-0.3, -0.25) is 4.79 Å². The molecular weight excluding hydrogens is 345 g/mol. The lowest BCUT2D eigenvalue weighted by molar-refractivity contribution is -0.137. The number of rotatable bonds is 5. The molecule has 9 heteroatoms. The third-order valence-electron chi connectivity index (χ3n) is 3.34. The summed E-state index contributed by atoms with van der Waals surface area (Å²) in [5.74, 6) is -2.44. The zero-order valence-corrected chi connectivity index (χ0v) is 13.1. The minimum atomic E-state index is -4.51. The Kier molecular flexibility index (Phi) is 5.55. The Balaban J connectivity index is 2.10. The molecule has 1 amide bonds. The fraction of sp³-hybridized carbons (Fsp3) is 0.250. The Labute approximate surface area is 140 Å². The Morgan fingerprint density at radius 3 is 2.28 bits per heavy atom. The monoisotopic (exact) mass is 359 g/mol. The molecule has 0 atom stereocenters. The van der Waals surface area contributed by atoms with E-state index in [2.05, 4.69) is 10.3 Å². The Morgan fingerprint density at radius 1 is 1.16 bits per heavy atom. The molecule has 0 bridgehead atoms. The molecule has 0 aliphatic rings. The lowest BCUT2D eigenvalue weighted by Gasteiger charge is -2.21. The lowest BCUT2D eigenvalue weighted by Crippen LogP contribution is -2.34. The van der Waals surface area contributed by atoms with E-state index in [1.807, 2.05) is 0 Å². The highest BCUT2D eigenvalue weighted by Gasteiger charge is 2.30. The largest absolute Gasteiger partial charge is 0.417 e. The van der Waals surface area contributed by atoms with Crippen LogP contribution in [0.15, 0.2) is 36.5 Å². The number of anilines is 2. The number of carbonyl (C=O) groups excluding carboxylic acids is 1. The molecule has 2 aromatic rings. The van der Waals surface area contributed by atoms with Gasteiger partial charge in [0.2, 0.25) is 5.91 Å². The van der Waals surface area contributed by atoms with E-state index in [0.29, 0.717) is 6.20 Å². The summed E-state index contributed by atoms with van der Waals surface area (Å²) < 4.78 is 64.7. The number of nitrogens with one attached hydrogen (secondary N) is 1. The van der Waals surface area contributed by atoms with E-state index < -0.39 is 35.0 Å². The molecule has 25 heavy (non-hydrogen) atoms. The summed E-state index contributed by atoms with van der Waals surface area (Å²) in [6.45, 7) is 1.59. The first kappa shape index (κ1) is 18.6. The van der Waals surface area contributed by atoms with Crippen molar-refractivity contribution in [3.63, 3.8) is 0 Å². The molecule has 0 fully saturated rings. The van der Waals surface area contributed by atoms with Gasteiger partial charge in [-0.15, -0.1) is 0 Å². The molecule has 1 aromatic carbocycles. The summed E-state index contributed by atoms with van der Waals surface area (Å²) in [4.78, 5) is 17.1. The van der Waals surface area contributed by atoms with Gasteiger partial charge in [-0.1, -0.05) is 6.07 Å². The number of carbonyl (C=O) groups is 1. The van der Waals surface area contributed by atoms with Crippen LogP contribution in [0.2, 0.25) is 0 Å². The molecule has 1 N–H and O–H groups in total. The highest BCUT2D eigenvalue weighted by Crippen LogP contribution is 2.29. The van der Waals surface area contributed by atoms with E-state index in [9.17, 15) is 26.7 Å². The van der Waals surface area contributed by atoms with Gasteiger partial charge in [0.05, 0.1) is 12.1 Å². The topological polar surface area (TPSA) is 45.2 Å². The van der Waals surface area contributed by atoms with Crippen molar-refractivity contribution < 1.29 is 26.7 Å². The van der Waals surface area contributed by atoms with Crippen molar-refractivity contribution in [1.29, 1.82) is 0 Å². The first-order valence-corrected chi connectivity index (χ1v) is 7.24. The molecule has 0 radical (unpaired) electrons. The van der Waals surface area contributed by atoms with Crippen LogP contribution in [0.3, 0.4) is 0 Å². The summed E-state index contributed by atoms with van der Waals surface area (Å²) in [6, 6.07) is 5.12. The van der Waals surface area contributed by atoms with Crippen LogP contribution in [0.25, 0.3) is 0 Å². The van der Waals surface area contributed by atoms with Gasteiger partial charge >= 0.3 is 6.18 Å². The van der Waals surface area contributed by atoms with Crippen molar-refractivity contribution in [2.24, 2.45) is 0 Å². The highest BCUT2D eigenvalue weighted by molar-refractivity contribution is 5.94. The SMILES string of the molecule is CCN(CC(=O)Nc1c(F)cccc1F)c1ccc(C(F)(F)F)cn1. The second-order valence-electron chi connectivity index (χ2n) is 5.06. The van der Waals surface area contributed by atoms with E-state index in [0.717, 1.165) is 30.3 Å². The summed E-state index contributed by atoms with van der Waals surface area (Å²) in [7, 11) is 0.